The Balaban J connectivity index is 2.03. The van der Waals surface area contributed by atoms with E-state index in [0.717, 1.165) is 22.6 Å². The van der Waals surface area contributed by atoms with Gasteiger partial charge in [0, 0.05) is 18.2 Å². The predicted octanol–water partition coefficient (Wildman–Crippen LogP) is 3.45. The standard InChI is InChI=1S/C16H19NO3/c1-10-7-15(12(3)20-10)11(2)17-9-13-5-4-6-14(8-13)16(18)19/h4-8,11,17H,9H2,1-3H3,(H,18,19). The largest absolute Gasteiger partial charge is 0.478 e. The van der Waals surface area contributed by atoms with Crippen molar-refractivity contribution in [2.45, 2.75) is 33.4 Å². The van der Waals surface area contributed by atoms with Crippen molar-refractivity contribution in [2.24, 2.45) is 0 Å². The molecule has 2 rings (SSSR count). The normalized spacial score (nSPS) is 12.3. The van der Waals surface area contributed by atoms with Gasteiger partial charge in [-0.1, -0.05) is 12.1 Å². The number of aryl methyl sites for hydroxylation is 2. The molecule has 106 valence electrons. The third-order valence-corrected chi connectivity index (χ3v) is 3.33. The summed E-state index contributed by atoms with van der Waals surface area (Å²) in [7, 11) is 0. The number of benzene rings is 1. The van der Waals surface area contributed by atoms with Crippen molar-refractivity contribution in [3.8, 4) is 0 Å². The van der Waals surface area contributed by atoms with Crippen molar-refractivity contribution in [3.63, 3.8) is 0 Å². The van der Waals surface area contributed by atoms with E-state index in [4.69, 9.17) is 9.52 Å². The Morgan fingerprint density at radius 1 is 1.35 bits per heavy atom. The van der Waals surface area contributed by atoms with Crippen LogP contribution < -0.4 is 5.32 Å². The van der Waals surface area contributed by atoms with Gasteiger partial charge in [0.15, 0.2) is 0 Å². The average molecular weight is 273 g/mol. The van der Waals surface area contributed by atoms with Gasteiger partial charge in [-0.15, -0.1) is 0 Å². The first kappa shape index (κ1) is 14.3. The first-order valence-corrected chi connectivity index (χ1v) is 6.60. The van der Waals surface area contributed by atoms with Crippen molar-refractivity contribution in [3.05, 3.63) is 58.5 Å². The SMILES string of the molecule is Cc1cc(C(C)NCc2cccc(C(=O)O)c2)c(C)o1. The minimum absolute atomic E-state index is 0.154. The summed E-state index contributed by atoms with van der Waals surface area (Å²) in [6.07, 6.45) is 0. The second-order valence-corrected chi connectivity index (χ2v) is 4.98. The highest BCUT2D eigenvalue weighted by atomic mass is 16.4. The maximum atomic E-state index is 10.9. The Kier molecular flexibility index (Phi) is 4.25. The van der Waals surface area contributed by atoms with Crippen LogP contribution in [0, 0.1) is 13.8 Å². The molecule has 0 bridgehead atoms. The maximum Gasteiger partial charge on any atom is 0.335 e. The highest BCUT2D eigenvalue weighted by Gasteiger charge is 2.12. The number of aromatic carboxylic acids is 1. The molecule has 0 aliphatic rings. The number of hydrogen-bond donors (Lipinski definition) is 2. The Labute approximate surface area is 118 Å². The molecule has 1 heterocycles. The fourth-order valence-electron chi connectivity index (χ4n) is 2.28. The van der Waals surface area contributed by atoms with Crippen molar-refractivity contribution >= 4 is 5.97 Å². The average Bonchev–Trinajstić information content (AvgIpc) is 2.75. The van der Waals surface area contributed by atoms with E-state index in [1.807, 2.05) is 26.0 Å². The quantitative estimate of drug-likeness (QED) is 0.876. The van der Waals surface area contributed by atoms with Crippen molar-refractivity contribution in [2.75, 3.05) is 0 Å². The second-order valence-electron chi connectivity index (χ2n) is 4.98. The number of nitrogens with one attached hydrogen (secondary N) is 1. The molecule has 0 fully saturated rings. The van der Waals surface area contributed by atoms with Crippen LogP contribution in [0.3, 0.4) is 0 Å². The van der Waals surface area contributed by atoms with E-state index in [1.165, 1.54) is 0 Å². The summed E-state index contributed by atoms with van der Waals surface area (Å²) < 4.78 is 5.52. The smallest absolute Gasteiger partial charge is 0.335 e. The van der Waals surface area contributed by atoms with Crippen molar-refractivity contribution in [1.29, 1.82) is 0 Å². The number of carbonyl (C=O) groups is 1. The van der Waals surface area contributed by atoms with E-state index in [-0.39, 0.29) is 6.04 Å². The Morgan fingerprint density at radius 2 is 2.10 bits per heavy atom. The molecule has 0 radical (unpaired) electrons. The third-order valence-electron chi connectivity index (χ3n) is 3.33. The molecule has 4 heteroatoms. The third kappa shape index (κ3) is 3.27. The van der Waals surface area contributed by atoms with Gasteiger partial charge in [-0.3, -0.25) is 0 Å². The van der Waals surface area contributed by atoms with Crippen LogP contribution >= 0.6 is 0 Å². The van der Waals surface area contributed by atoms with Gasteiger partial charge in [0.1, 0.15) is 11.5 Å². The highest BCUT2D eigenvalue weighted by molar-refractivity contribution is 5.87. The van der Waals surface area contributed by atoms with E-state index >= 15 is 0 Å². The van der Waals surface area contributed by atoms with Crippen molar-refractivity contribution in [1.82, 2.24) is 5.32 Å². The molecule has 1 atom stereocenters. The van der Waals surface area contributed by atoms with Crippen LogP contribution in [-0.4, -0.2) is 11.1 Å². The lowest BCUT2D eigenvalue weighted by atomic mass is 10.1. The molecule has 1 aromatic heterocycles. The zero-order valence-electron chi connectivity index (χ0n) is 11.9. The Morgan fingerprint density at radius 3 is 2.70 bits per heavy atom. The van der Waals surface area contributed by atoms with E-state index < -0.39 is 5.97 Å². The summed E-state index contributed by atoms with van der Waals surface area (Å²) in [6.45, 7) is 6.56. The van der Waals surface area contributed by atoms with Gasteiger partial charge in [-0.05, 0) is 44.5 Å². The number of carboxylic acid groups (broad SMARTS) is 1. The first-order valence-electron chi connectivity index (χ1n) is 6.60. The number of hydrogen-bond acceptors (Lipinski definition) is 3. The lowest BCUT2D eigenvalue weighted by molar-refractivity contribution is 0.0696. The highest BCUT2D eigenvalue weighted by Crippen LogP contribution is 2.21. The monoisotopic (exact) mass is 273 g/mol. The minimum atomic E-state index is -0.902. The van der Waals surface area contributed by atoms with Gasteiger partial charge in [-0.2, -0.15) is 0 Å². The topological polar surface area (TPSA) is 62.5 Å². The van der Waals surface area contributed by atoms with Gasteiger partial charge in [-0.25, -0.2) is 4.79 Å². The van der Waals surface area contributed by atoms with Crippen LogP contribution in [0.1, 0.15) is 46.0 Å². The van der Waals surface area contributed by atoms with Gasteiger partial charge in [0.25, 0.3) is 0 Å². The van der Waals surface area contributed by atoms with E-state index in [1.54, 1.807) is 18.2 Å². The van der Waals surface area contributed by atoms with Gasteiger partial charge in [0.2, 0.25) is 0 Å². The van der Waals surface area contributed by atoms with E-state index in [9.17, 15) is 4.79 Å². The molecule has 1 unspecified atom stereocenters. The second kappa shape index (κ2) is 5.92. The molecule has 0 saturated carbocycles. The molecule has 20 heavy (non-hydrogen) atoms. The molecule has 0 amide bonds. The summed E-state index contributed by atoms with van der Waals surface area (Å²) in [5.74, 6) is 0.919. The summed E-state index contributed by atoms with van der Waals surface area (Å²) in [5.41, 5.74) is 2.40. The van der Waals surface area contributed by atoms with E-state index in [0.29, 0.717) is 12.1 Å². The zero-order valence-corrected chi connectivity index (χ0v) is 11.9. The fourth-order valence-corrected chi connectivity index (χ4v) is 2.28. The predicted molar refractivity (Wildman–Crippen MR) is 76.8 cm³/mol. The van der Waals surface area contributed by atoms with Crippen molar-refractivity contribution < 1.29 is 14.3 Å². The molecular formula is C16H19NO3. The summed E-state index contributed by atoms with van der Waals surface area (Å²) in [6, 6.07) is 9.15. The minimum Gasteiger partial charge on any atom is -0.478 e. The number of carboxylic acids is 1. The van der Waals surface area contributed by atoms with Crippen LogP contribution in [0.25, 0.3) is 0 Å². The molecule has 2 aromatic rings. The maximum absolute atomic E-state index is 10.9. The summed E-state index contributed by atoms with van der Waals surface area (Å²) in [5, 5.41) is 12.4. The van der Waals surface area contributed by atoms with Gasteiger partial charge >= 0.3 is 5.97 Å². The van der Waals surface area contributed by atoms with Crippen LogP contribution in [-0.2, 0) is 6.54 Å². The molecule has 1 aromatic carbocycles. The lowest BCUT2D eigenvalue weighted by Crippen LogP contribution is -2.18. The van der Waals surface area contributed by atoms with Crippen LogP contribution in [0.15, 0.2) is 34.7 Å². The van der Waals surface area contributed by atoms with Gasteiger partial charge in [0.05, 0.1) is 5.56 Å². The van der Waals surface area contributed by atoms with Crippen LogP contribution in [0.5, 0.6) is 0 Å². The molecular weight excluding hydrogens is 254 g/mol. The van der Waals surface area contributed by atoms with Crippen LogP contribution in [0.2, 0.25) is 0 Å². The fraction of sp³-hybridized carbons (Fsp3) is 0.312. The zero-order chi connectivity index (χ0) is 14.7. The Hall–Kier alpha value is -2.07. The summed E-state index contributed by atoms with van der Waals surface area (Å²) >= 11 is 0. The Bertz CT molecular complexity index is 616. The molecule has 0 spiro atoms. The molecule has 2 N–H and O–H groups in total. The molecule has 0 aliphatic heterocycles. The van der Waals surface area contributed by atoms with Crippen LogP contribution in [0.4, 0.5) is 0 Å². The molecule has 4 nitrogen and oxygen atoms in total. The number of furan rings is 1. The number of rotatable bonds is 5. The molecule has 0 saturated heterocycles. The molecule has 0 aliphatic carbocycles. The summed E-state index contributed by atoms with van der Waals surface area (Å²) in [4.78, 5) is 10.9. The first-order chi connectivity index (χ1) is 9.47. The lowest BCUT2D eigenvalue weighted by Gasteiger charge is -2.13. The van der Waals surface area contributed by atoms with E-state index in [2.05, 4.69) is 12.2 Å². The van der Waals surface area contributed by atoms with Gasteiger partial charge < -0.3 is 14.8 Å².